The van der Waals surface area contributed by atoms with Crippen molar-refractivity contribution in [3.63, 3.8) is 0 Å². The Kier molecular flexibility index (Phi) is 5.04. The zero-order valence-electron chi connectivity index (χ0n) is 10.4. The SMILES string of the molecule is NC(=O)CCCn1c(CCCl)nc2cc(I)ccc21. The molecule has 0 aliphatic carbocycles. The highest BCUT2D eigenvalue weighted by Gasteiger charge is 2.10. The second-order valence-electron chi connectivity index (χ2n) is 4.32. The second kappa shape index (κ2) is 6.56. The van der Waals surface area contributed by atoms with Crippen molar-refractivity contribution in [3.8, 4) is 0 Å². The van der Waals surface area contributed by atoms with Crippen molar-refractivity contribution in [1.29, 1.82) is 0 Å². The minimum absolute atomic E-state index is 0.266. The van der Waals surface area contributed by atoms with Gasteiger partial charge in [0.15, 0.2) is 0 Å². The van der Waals surface area contributed by atoms with Crippen LogP contribution in [0.1, 0.15) is 18.7 Å². The minimum Gasteiger partial charge on any atom is -0.370 e. The number of imidazole rings is 1. The van der Waals surface area contributed by atoms with Crippen LogP contribution in [0.4, 0.5) is 0 Å². The highest BCUT2D eigenvalue weighted by Crippen LogP contribution is 2.20. The summed E-state index contributed by atoms with van der Waals surface area (Å²) in [5, 5.41) is 0. The molecule has 0 unspecified atom stereocenters. The number of carbonyl (C=O) groups excluding carboxylic acids is 1. The van der Waals surface area contributed by atoms with Gasteiger partial charge in [-0.15, -0.1) is 11.6 Å². The van der Waals surface area contributed by atoms with Gasteiger partial charge in [0.1, 0.15) is 5.82 Å². The van der Waals surface area contributed by atoms with E-state index >= 15 is 0 Å². The fourth-order valence-electron chi connectivity index (χ4n) is 2.09. The van der Waals surface area contributed by atoms with Gasteiger partial charge in [-0.05, 0) is 47.2 Å². The molecule has 0 saturated heterocycles. The normalized spacial score (nSPS) is 11.1. The lowest BCUT2D eigenvalue weighted by atomic mass is 10.2. The lowest BCUT2D eigenvalue weighted by Gasteiger charge is -2.07. The van der Waals surface area contributed by atoms with Gasteiger partial charge >= 0.3 is 0 Å². The molecular formula is C13H15ClIN3O. The Bertz CT molecular complexity index is 597. The number of aromatic nitrogens is 2. The molecule has 2 N–H and O–H groups in total. The molecule has 1 aromatic heterocycles. The first-order chi connectivity index (χ1) is 9.11. The molecule has 2 aromatic rings. The third kappa shape index (κ3) is 3.60. The number of aryl methyl sites for hydroxylation is 2. The number of primary amides is 1. The first-order valence-electron chi connectivity index (χ1n) is 6.10. The van der Waals surface area contributed by atoms with E-state index in [4.69, 9.17) is 17.3 Å². The van der Waals surface area contributed by atoms with Gasteiger partial charge < -0.3 is 10.3 Å². The summed E-state index contributed by atoms with van der Waals surface area (Å²) in [6, 6.07) is 6.17. The molecule has 0 spiro atoms. The van der Waals surface area contributed by atoms with Crippen LogP contribution in [-0.2, 0) is 17.8 Å². The van der Waals surface area contributed by atoms with E-state index in [0.717, 1.165) is 39.8 Å². The molecule has 1 heterocycles. The van der Waals surface area contributed by atoms with Crippen molar-refractivity contribution < 1.29 is 4.79 Å². The monoisotopic (exact) mass is 391 g/mol. The summed E-state index contributed by atoms with van der Waals surface area (Å²) in [4.78, 5) is 15.4. The number of carbonyl (C=O) groups is 1. The molecule has 4 nitrogen and oxygen atoms in total. The number of amides is 1. The van der Waals surface area contributed by atoms with Crippen molar-refractivity contribution in [2.75, 3.05) is 5.88 Å². The average molecular weight is 392 g/mol. The van der Waals surface area contributed by atoms with Crippen LogP contribution < -0.4 is 5.73 Å². The predicted molar refractivity (Wildman–Crippen MR) is 85.3 cm³/mol. The second-order valence-corrected chi connectivity index (χ2v) is 5.95. The van der Waals surface area contributed by atoms with E-state index in [2.05, 4.69) is 50.3 Å². The number of rotatable bonds is 6. The molecule has 0 atom stereocenters. The first-order valence-corrected chi connectivity index (χ1v) is 7.72. The van der Waals surface area contributed by atoms with Gasteiger partial charge in [-0.3, -0.25) is 4.79 Å². The number of fused-ring (bicyclic) bond motifs is 1. The predicted octanol–water partition coefficient (Wildman–Crippen LogP) is 2.69. The molecular weight excluding hydrogens is 377 g/mol. The summed E-state index contributed by atoms with van der Waals surface area (Å²) in [5.74, 6) is 1.24. The maximum Gasteiger partial charge on any atom is 0.217 e. The molecule has 1 aromatic carbocycles. The largest absolute Gasteiger partial charge is 0.370 e. The Balaban J connectivity index is 2.31. The Hall–Kier alpha value is -0.820. The highest BCUT2D eigenvalue weighted by atomic mass is 127. The Morgan fingerprint density at radius 1 is 1.47 bits per heavy atom. The average Bonchev–Trinajstić information content (AvgIpc) is 2.66. The Morgan fingerprint density at radius 3 is 2.95 bits per heavy atom. The van der Waals surface area contributed by atoms with E-state index in [-0.39, 0.29) is 5.91 Å². The van der Waals surface area contributed by atoms with Crippen LogP contribution in [0.25, 0.3) is 11.0 Å². The van der Waals surface area contributed by atoms with Gasteiger partial charge in [-0.25, -0.2) is 4.98 Å². The topological polar surface area (TPSA) is 60.9 Å². The Labute approximate surface area is 130 Å². The number of hydrogen-bond acceptors (Lipinski definition) is 2. The summed E-state index contributed by atoms with van der Waals surface area (Å²) in [6.45, 7) is 0.742. The van der Waals surface area contributed by atoms with Gasteiger partial charge in [-0.1, -0.05) is 0 Å². The number of alkyl halides is 1. The van der Waals surface area contributed by atoms with Crippen LogP contribution in [0.15, 0.2) is 18.2 Å². The molecule has 0 aliphatic heterocycles. The van der Waals surface area contributed by atoms with Crippen LogP contribution >= 0.6 is 34.2 Å². The molecule has 2 rings (SSSR count). The molecule has 102 valence electrons. The van der Waals surface area contributed by atoms with Crippen LogP contribution in [-0.4, -0.2) is 21.3 Å². The number of halogens is 2. The smallest absolute Gasteiger partial charge is 0.217 e. The maximum absolute atomic E-state index is 10.8. The molecule has 0 saturated carbocycles. The number of nitrogens with two attached hydrogens (primary N) is 1. The number of hydrogen-bond donors (Lipinski definition) is 1. The van der Waals surface area contributed by atoms with E-state index in [1.54, 1.807) is 0 Å². The zero-order valence-corrected chi connectivity index (χ0v) is 13.3. The maximum atomic E-state index is 10.8. The summed E-state index contributed by atoms with van der Waals surface area (Å²) < 4.78 is 3.29. The molecule has 0 radical (unpaired) electrons. The molecule has 0 fully saturated rings. The van der Waals surface area contributed by atoms with Crippen molar-refractivity contribution in [2.45, 2.75) is 25.8 Å². The van der Waals surface area contributed by atoms with Crippen molar-refractivity contribution in [2.24, 2.45) is 5.73 Å². The van der Waals surface area contributed by atoms with Crippen LogP contribution in [0.2, 0.25) is 0 Å². The molecule has 1 amide bonds. The number of nitrogens with zero attached hydrogens (tertiary/aromatic N) is 2. The van der Waals surface area contributed by atoms with Crippen molar-refractivity contribution in [1.82, 2.24) is 9.55 Å². The standard InChI is InChI=1S/C13H15ClIN3O/c14-6-5-13-17-10-8-9(15)3-4-11(10)18(13)7-1-2-12(16)19/h3-4,8H,1-2,5-7H2,(H2,16,19). The number of benzene rings is 1. The van der Waals surface area contributed by atoms with E-state index in [1.165, 1.54) is 0 Å². The summed E-state index contributed by atoms with van der Waals surface area (Å²) in [6.07, 6.45) is 1.84. The third-order valence-electron chi connectivity index (χ3n) is 2.91. The lowest BCUT2D eigenvalue weighted by molar-refractivity contribution is -0.118. The first kappa shape index (κ1) is 14.6. The van der Waals surface area contributed by atoms with Crippen molar-refractivity contribution >= 4 is 51.1 Å². The van der Waals surface area contributed by atoms with Gasteiger partial charge in [0.05, 0.1) is 11.0 Å². The fraction of sp³-hybridized carbons (Fsp3) is 0.385. The van der Waals surface area contributed by atoms with E-state index < -0.39 is 0 Å². The van der Waals surface area contributed by atoms with Gasteiger partial charge in [0, 0.05) is 28.8 Å². The third-order valence-corrected chi connectivity index (χ3v) is 3.77. The lowest BCUT2D eigenvalue weighted by Crippen LogP contribution is -2.12. The summed E-state index contributed by atoms with van der Waals surface area (Å²) >= 11 is 8.09. The summed E-state index contributed by atoms with van der Waals surface area (Å²) in [7, 11) is 0. The molecule has 6 heteroatoms. The van der Waals surface area contributed by atoms with Crippen LogP contribution in [0, 0.1) is 3.57 Å². The fourth-order valence-corrected chi connectivity index (χ4v) is 2.73. The van der Waals surface area contributed by atoms with Gasteiger partial charge in [-0.2, -0.15) is 0 Å². The van der Waals surface area contributed by atoms with Crippen LogP contribution in [0.3, 0.4) is 0 Å². The molecule has 19 heavy (non-hydrogen) atoms. The minimum atomic E-state index is -0.266. The molecule has 0 aliphatic rings. The quantitative estimate of drug-likeness (QED) is 0.608. The van der Waals surface area contributed by atoms with Crippen molar-refractivity contribution in [3.05, 3.63) is 27.6 Å². The van der Waals surface area contributed by atoms with E-state index in [0.29, 0.717) is 12.3 Å². The van der Waals surface area contributed by atoms with E-state index in [1.807, 2.05) is 0 Å². The van der Waals surface area contributed by atoms with Gasteiger partial charge in [0.25, 0.3) is 0 Å². The molecule has 0 bridgehead atoms. The Morgan fingerprint density at radius 2 is 2.26 bits per heavy atom. The van der Waals surface area contributed by atoms with Crippen LogP contribution in [0.5, 0.6) is 0 Å². The highest BCUT2D eigenvalue weighted by molar-refractivity contribution is 14.1. The van der Waals surface area contributed by atoms with E-state index in [9.17, 15) is 4.79 Å². The van der Waals surface area contributed by atoms with Gasteiger partial charge in [0.2, 0.25) is 5.91 Å². The summed E-state index contributed by atoms with van der Waals surface area (Å²) in [5.41, 5.74) is 7.24. The zero-order chi connectivity index (χ0) is 13.8.